The molecule has 96 valence electrons. The monoisotopic (exact) mass is 244 g/mol. The second-order valence-electron chi connectivity index (χ2n) is 5.06. The van der Waals surface area contributed by atoms with E-state index in [4.69, 9.17) is 10.00 Å². The van der Waals surface area contributed by atoms with E-state index in [1.165, 1.54) is 12.8 Å². The average molecular weight is 244 g/mol. The van der Waals surface area contributed by atoms with Crippen LogP contribution in [0, 0.1) is 16.7 Å². The number of nitrogens with zero attached hydrogens (tertiary/aromatic N) is 2. The third kappa shape index (κ3) is 2.03. The smallest absolute Gasteiger partial charge is 0.143 e. The summed E-state index contributed by atoms with van der Waals surface area (Å²) in [5.74, 6) is 0.801. The molecule has 18 heavy (non-hydrogen) atoms. The summed E-state index contributed by atoms with van der Waals surface area (Å²) in [6.07, 6.45) is 2.44. The summed E-state index contributed by atoms with van der Waals surface area (Å²) < 4.78 is 5.39. The van der Waals surface area contributed by atoms with Crippen LogP contribution in [0.15, 0.2) is 18.2 Å². The summed E-state index contributed by atoms with van der Waals surface area (Å²) in [7, 11) is 1.66. The quantitative estimate of drug-likeness (QED) is 0.816. The molecule has 0 N–H and O–H groups in total. The second-order valence-corrected chi connectivity index (χ2v) is 5.06. The van der Waals surface area contributed by atoms with Crippen LogP contribution in [0.2, 0.25) is 0 Å². The maximum absolute atomic E-state index is 8.90. The first kappa shape index (κ1) is 12.8. The zero-order valence-corrected chi connectivity index (χ0v) is 11.4. The third-order valence-corrected chi connectivity index (χ3v) is 4.20. The summed E-state index contributed by atoms with van der Waals surface area (Å²) >= 11 is 0. The van der Waals surface area contributed by atoms with Gasteiger partial charge in [0.05, 0.1) is 24.4 Å². The average Bonchev–Trinajstić information content (AvgIpc) is 2.38. The van der Waals surface area contributed by atoms with Crippen LogP contribution < -0.4 is 9.64 Å². The summed E-state index contributed by atoms with van der Waals surface area (Å²) in [6, 6.07) is 7.81. The number of benzene rings is 1. The fourth-order valence-electron chi connectivity index (χ4n) is 2.64. The maximum Gasteiger partial charge on any atom is 0.143 e. The van der Waals surface area contributed by atoms with E-state index in [-0.39, 0.29) is 0 Å². The van der Waals surface area contributed by atoms with Crippen molar-refractivity contribution >= 4 is 5.69 Å². The molecule has 1 aliphatic rings. The van der Waals surface area contributed by atoms with Gasteiger partial charge in [0.25, 0.3) is 0 Å². The number of methoxy groups -OCH3 is 1. The van der Waals surface area contributed by atoms with Crippen molar-refractivity contribution in [3.05, 3.63) is 23.8 Å². The molecular formula is C15H20N2O. The predicted molar refractivity (Wildman–Crippen MR) is 72.9 cm³/mol. The molecule has 3 heteroatoms. The van der Waals surface area contributed by atoms with Crippen molar-refractivity contribution in [2.24, 2.45) is 5.41 Å². The van der Waals surface area contributed by atoms with Crippen LogP contribution in [0.1, 0.15) is 32.3 Å². The second kappa shape index (κ2) is 4.89. The van der Waals surface area contributed by atoms with Crippen LogP contribution in [0.25, 0.3) is 0 Å². The van der Waals surface area contributed by atoms with Crippen molar-refractivity contribution < 1.29 is 4.74 Å². The van der Waals surface area contributed by atoms with Gasteiger partial charge in [-0.15, -0.1) is 0 Å². The van der Waals surface area contributed by atoms with Crippen LogP contribution in [0.4, 0.5) is 5.69 Å². The van der Waals surface area contributed by atoms with E-state index in [1.54, 1.807) is 7.11 Å². The zero-order chi connectivity index (χ0) is 13.2. The van der Waals surface area contributed by atoms with Gasteiger partial charge in [0.15, 0.2) is 0 Å². The highest BCUT2D eigenvalue weighted by molar-refractivity contribution is 5.63. The van der Waals surface area contributed by atoms with Gasteiger partial charge < -0.3 is 9.64 Å². The Morgan fingerprint density at radius 2 is 2.00 bits per heavy atom. The van der Waals surface area contributed by atoms with Crippen molar-refractivity contribution in [1.82, 2.24) is 0 Å². The number of anilines is 1. The van der Waals surface area contributed by atoms with Crippen LogP contribution in [-0.4, -0.2) is 20.2 Å². The maximum atomic E-state index is 8.90. The van der Waals surface area contributed by atoms with E-state index in [0.717, 1.165) is 24.5 Å². The number of hydrogen-bond donors (Lipinski definition) is 0. The van der Waals surface area contributed by atoms with Gasteiger partial charge in [-0.05, 0) is 25.0 Å². The fourth-order valence-corrected chi connectivity index (χ4v) is 2.64. The molecule has 2 rings (SSSR count). The lowest BCUT2D eigenvalue weighted by Crippen LogP contribution is -2.56. The van der Waals surface area contributed by atoms with Crippen LogP contribution in [0.5, 0.6) is 5.75 Å². The molecule has 0 aliphatic carbocycles. The van der Waals surface area contributed by atoms with Gasteiger partial charge in [-0.2, -0.15) is 5.26 Å². The Labute approximate surface area is 109 Å². The minimum Gasteiger partial charge on any atom is -0.495 e. The number of rotatable bonds is 4. The van der Waals surface area contributed by atoms with Gasteiger partial charge in [0, 0.05) is 24.6 Å². The number of ether oxygens (including phenoxy) is 1. The number of nitriles is 1. The van der Waals surface area contributed by atoms with E-state index in [1.807, 2.05) is 18.2 Å². The Morgan fingerprint density at radius 3 is 2.50 bits per heavy atom. The molecule has 0 spiro atoms. The Hall–Kier alpha value is -1.69. The van der Waals surface area contributed by atoms with Crippen molar-refractivity contribution in [1.29, 1.82) is 5.26 Å². The highest BCUT2D eigenvalue weighted by atomic mass is 16.5. The SMILES string of the molecule is CCC1(CC)CN(c2ccc(C#N)cc2OC)C1. The van der Waals surface area contributed by atoms with Gasteiger partial charge in [-0.3, -0.25) is 0 Å². The van der Waals surface area contributed by atoms with Crippen LogP contribution in [-0.2, 0) is 0 Å². The summed E-state index contributed by atoms with van der Waals surface area (Å²) in [5.41, 5.74) is 2.22. The molecule has 0 bridgehead atoms. The Kier molecular flexibility index (Phi) is 3.47. The summed E-state index contributed by atoms with van der Waals surface area (Å²) in [6.45, 7) is 6.69. The molecular weight excluding hydrogens is 224 g/mol. The van der Waals surface area contributed by atoms with Crippen molar-refractivity contribution in [3.8, 4) is 11.8 Å². The van der Waals surface area contributed by atoms with Crippen molar-refractivity contribution in [2.75, 3.05) is 25.1 Å². The van der Waals surface area contributed by atoms with Crippen LogP contribution in [0.3, 0.4) is 0 Å². The van der Waals surface area contributed by atoms with E-state index < -0.39 is 0 Å². The highest BCUT2D eigenvalue weighted by Gasteiger charge is 2.40. The predicted octanol–water partition coefficient (Wildman–Crippen LogP) is 3.19. The lowest BCUT2D eigenvalue weighted by atomic mass is 9.75. The van der Waals surface area contributed by atoms with Crippen molar-refractivity contribution in [2.45, 2.75) is 26.7 Å². The molecule has 1 saturated heterocycles. The Balaban J connectivity index is 2.19. The molecule has 3 nitrogen and oxygen atoms in total. The molecule has 0 saturated carbocycles. The topological polar surface area (TPSA) is 36.3 Å². The normalized spacial score (nSPS) is 16.9. The minimum atomic E-state index is 0.471. The largest absolute Gasteiger partial charge is 0.495 e. The standard InChI is InChI=1S/C15H20N2O/c1-4-15(5-2)10-17(11-15)13-7-6-12(9-16)8-14(13)18-3/h6-8H,4-5,10-11H2,1-3H3. The van der Waals surface area contributed by atoms with Gasteiger partial charge >= 0.3 is 0 Å². The molecule has 0 amide bonds. The molecule has 1 heterocycles. The lowest BCUT2D eigenvalue weighted by Gasteiger charge is -2.51. The van der Waals surface area contributed by atoms with E-state index in [0.29, 0.717) is 11.0 Å². The fraction of sp³-hybridized carbons (Fsp3) is 0.533. The molecule has 0 aromatic heterocycles. The summed E-state index contributed by atoms with van der Waals surface area (Å²) in [4.78, 5) is 2.34. The first-order valence-corrected chi connectivity index (χ1v) is 6.51. The van der Waals surface area contributed by atoms with Gasteiger partial charge in [0.2, 0.25) is 0 Å². The van der Waals surface area contributed by atoms with Gasteiger partial charge in [0.1, 0.15) is 5.75 Å². The minimum absolute atomic E-state index is 0.471. The van der Waals surface area contributed by atoms with Gasteiger partial charge in [-0.25, -0.2) is 0 Å². The number of hydrogen-bond acceptors (Lipinski definition) is 3. The molecule has 0 radical (unpaired) electrons. The highest BCUT2D eigenvalue weighted by Crippen LogP contribution is 2.42. The first-order chi connectivity index (χ1) is 8.68. The Morgan fingerprint density at radius 1 is 1.33 bits per heavy atom. The molecule has 1 aromatic rings. The molecule has 0 atom stereocenters. The van der Waals surface area contributed by atoms with Gasteiger partial charge in [-0.1, -0.05) is 13.8 Å². The van der Waals surface area contributed by atoms with E-state index in [9.17, 15) is 0 Å². The molecule has 1 aliphatic heterocycles. The zero-order valence-electron chi connectivity index (χ0n) is 11.4. The Bertz CT molecular complexity index is 464. The molecule has 0 unspecified atom stereocenters. The van der Waals surface area contributed by atoms with Crippen molar-refractivity contribution in [3.63, 3.8) is 0 Å². The third-order valence-electron chi connectivity index (χ3n) is 4.20. The first-order valence-electron chi connectivity index (χ1n) is 6.51. The summed E-state index contributed by atoms with van der Waals surface area (Å²) in [5, 5.41) is 8.90. The molecule has 1 aromatic carbocycles. The lowest BCUT2D eigenvalue weighted by molar-refractivity contribution is 0.193. The van der Waals surface area contributed by atoms with E-state index >= 15 is 0 Å². The van der Waals surface area contributed by atoms with Crippen LogP contribution >= 0.6 is 0 Å². The van der Waals surface area contributed by atoms with E-state index in [2.05, 4.69) is 24.8 Å². The molecule has 1 fully saturated rings.